The second-order valence-electron chi connectivity index (χ2n) is 4.17. The lowest BCUT2D eigenvalue weighted by Crippen LogP contribution is -2.29. The Bertz CT molecular complexity index is 469. The van der Waals surface area contributed by atoms with E-state index >= 15 is 0 Å². The van der Waals surface area contributed by atoms with Crippen molar-refractivity contribution in [1.82, 2.24) is 4.57 Å². The van der Waals surface area contributed by atoms with Gasteiger partial charge in [-0.15, -0.1) is 0 Å². The van der Waals surface area contributed by atoms with Crippen LogP contribution in [0.4, 0.5) is 5.69 Å². The van der Waals surface area contributed by atoms with Gasteiger partial charge in [0.15, 0.2) is 0 Å². The van der Waals surface area contributed by atoms with Crippen molar-refractivity contribution >= 4 is 5.69 Å². The van der Waals surface area contributed by atoms with Crippen LogP contribution in [0, 0.1) is 10.1 Å². The average molecular weight is 256 g/mol. The number of pyridine rings is 1. The van der Waals surface area contributed by atoms with E-state index in [1.54, 1.807) is 0 Å². The third kappa shape index (κ3) is 4.27. The number of aliphatic hydroxyl groups is 1. The number of ether oxygens (including phenoxy) is 1. The maximum absolute atomic E-state index is 11.5. The van der Waals surface area contributed by atoms with Crippen molar-refractivity contribution in [2.75, 3.05) is 6.61 Å². The van der Waals surface area contributed by atoms with Crippen LogP contribution in [0.1, 0.15) is 13.8 Å². The standard InChI is InChI=1S/C11H16N2O5/c1-8(2)18-7-10(14)6-12-5-9(13(16)17)3-4-11(12)15/h3-5,8,10,14H,6-7H2,1-2H3. The van der Waals surface area contributed by atoms with Gasteiger partial charge in [0.1, 0.15) is 0 Å². The summed E-state index contributed by atoms with van der Waals surface area (Å²) in [5.41, 5.74) is -0.587. The molecule has 0 saturated carbocycles. The molecule has 0 spiro atoms. The number of hydrogen-bond donors (Lipinski definition) is 1. The normalized spacial score (nSPS) is 12.7. The van der Waals surface area contributed by atoms with E-state index in [4.69, 9.17) is 4.74 Å². The highest BCUT2D eigenvalue weighted by molar-refractivity contribution is 5.24. The van der Waals surface area contributed by atoms with E-state index in [9.17, 15) is 20.0 Å². The molecule has 0 saturated heterocycles. The van der Waals surface area contributed by atoms with Crippen LogP contribution >= 0.6 is 0 Å². The zero-order chi connectivity index (χ0) is 13.7. The predicted molar refractivity (Wildman–Crippen MR) is 64.5 cm³/mol. The van der Waals surface area contributed by atoms with E-state index in [0.29, 0.717) is 0 Å². The van der Waals surface area contributed by atoms with E-state index < -0.39 is 16.6 Å². The van der Waals surface area contributed by atoms with Crippen molar-refractivity contribution in [3.8, 4) is 0 Å². The zero-order valence-corrected chi connectivity index (χ0v) is 10.3. The average Bonchev–Trinajstić information content (AvgIpc) is 2.29. The summed E-state index contributed by atoms with van der Waals surface area (Å²) >= 11 is 0. The van der Waals surface area contributed by atoms with Gasteiger partial charge in [0.25, 0.3) is 11.2 Å². The Labute approximate surface area is 104 Å². The van der Waals surface area contributed by atoms with Crippen LogP contribution in [0.25, 0.3) is 0 Å². The molecule has 0 aliphatic heterocycles. The molecule has 1 aromatic rings. The Morgan fingerprint density at radius 3 is 2.72 bits per heavy atom. The minimum Gasteiger partial charge on any atom is -0.389 e. The van der Waals surface area contributed by atoms with Gasteiger partial charge in [-0.3, -0.25) is 14.9 Å². The van der Waals surface area contributed by atoms with Gasteiger partial charge in [-0.25, -0.2) is 0 Å². The summed E-state index contributed by atoms with van der Waals surface area (Å²) < 4.78 is 6.30. The Morgan fingerprint density at radius 2 is 2.17 bits per heavy atom. The first-order chi connectivity index (χ1) is 8.40. The Hall–Kier alpha value is -1.73. The van der Waals surface area contributed by atoms with Crippen LogP contribution in [0.5, 0.6) is 0 Å². The monoisotopic (exact) mass is 256 g/mol. The van der Waals surface area contributed by atoms with E-state index in [-0.39, 0.29) is 24.9 Å². The largest absolute Gasteiger partial charge is 0.389 e. The lowest BCUT2D eigenvalue weighted by Gasteiger charge is -2.14. The molecule has 1 rings (SSSR count). The van der Waals surface area contributed by atoms with Crippen LogP contribution in [0.15, 0.2) is 23.1 Å². The molecule has 0 fully saturated rings. The molecule has 7 heteroatoms. The molecule has 1 atom stereocenters. The second kappa shape index (κ2) is 6.27. The van der Waals surface area contributed by atoms with Crippen molar-refractivity contribution in [2.24, 2.45) is 0 Å². The van der Waals surface area contributed by atoms with Crippen LogP contribution in [-0.2, 0) is 11.3 Å². The molecule has 0 amide bonds. The van der Waals surface area contributed by atoms with E-state index in [1.807, 2.05) is 13.8 Å². The third-order valence-corrected chi connectivity index (χ3v) is 2.21. The molecule has 100 valence electrons. The first-order valence-electron chi connectivity index (χ1n) is 5.54. The predicted octanol–water partition coefficient (Wildman–Crippen LogP) is 0.542. The molecule has 18 heavy (non-hydrogen) atoms. The Morgan fingerprint density at radius 1 is 1.50 bits per heavy atom. The number of nitro groups is 1. The minimum atomic E-state index is -0.882. The maximum atomic E-state index is 11.5. The summed E-state index contributed by atoms with van der Waals surface area (Å²) in [7, 11) is 0. The summed E-state index contributed by atoms with van der Waals surface area (Å²) in [5, 5.41) is 20.2. The highest BCUT2D eigenvalue weighted by atomic mass is 16.6. The van der Waals surface area contributed by atoms with Crippen molar-refractivity contribution in [1.29, 1.82) is 0 Å². The smallest absolute Gasteiger partial charge is 0.285 e. The van der Waals surface area contributed by atoms with Gasteiger partial charge in [0, 0.05) is 12.1 Å². The summed E-state index contributed by atoms with van der Waals surface area (Å²) in [4.78, 5) is 21.4. The molecule has 1 unspecified atom stereocenters. The van der Waals surface area contributed by atoms with Gasteiger partial charge in [-0.2, -0.15) is 0 Å². The van der Waals surface area contributed by atoms with Crippen LogP contribution < -0.4 is 5.56 Å². The van der Waals surface area contributed by atoms with Crippen molar-refractivity contribution in [3.05, 3.63) is 38.8 Å². The van der Waals surface area contributed by atoms with Gasteiger partial charge in [-0.1, -0.05) is 0 Å². The number of rotatable bonds is 6. The van der Waals surface area contributed by atoms with Crippen molar-refractivity contribution < 1.29 is 14.8 Å². The molecule has 0 bridgehead atoms. The lowest BCUT2D eigenvalue weighted by molar-refractivity contribution is -0.385. The SMILES string of the molecule is CC(C)OCC(O)Cn1cc([N+](=O)[O-])ccc1=O. The second-order valence-corrected chi connectivity index (χ2v) is 4.17. The summed E-state index contributed by atoms with van der Waals surface area (Å²) in [6, 6.07) is 2.24. The molecule has 0 radical (unpaired) electrons. The highest BCUT2D eigenvalue weighted by Crippen LogP contribution is 2.07. The zero-order valence-electron chi connectivity index (χ0n) is 10.3. The fourth-order valence-corrected chi connectivity index (χ4v) is 1.35. The fourth-order valence-electron chi connectivity index (χ4n) is 1.35. The highest BCUT2D eigenvalue weighted by Gasteiger charge is 2.11. The Kier molecular flexibility index (Phi) is 4.99. The number of nitrogens with zero attached hydrogens (tertiary/aromatic N) is 2. The number of aromatic nitrogens is 1. The van der Waals surface area contributed by atoms with Gasteiger partial charge in [0.05, 0.1) is 36.5 Å². The van der Waals surface area contributed by atoms with Crippen LogP contribution in [-0.4, -0.2) is 33.4 Å². The lowest BCUT2D eigenvalue weighted by atomic mass is 10.3. The van der Waals surface area contributed by atoms with Crippen LogP contribution in [0.2, 0.25) is 0 Å². The Balaban J connectivity index is 2.74. The molecule has 0 aliphatic carbocycles. The summed E-state index contributed by atoms with van der Waals surface area (Å²) in [6.07, 6.45) is 0.203. The molecule has 0 aromatic carbocycles. The van der Waals surface area contributed by atoms with E-state index in [1.165, 1.54) is 0 Å². The molecule has 1 aromatic heterocycles. The van der Waals surface area contributed by atoms with Crippen molar-refractivity contribution in [2.45, 2.75) is 32.6 Å². The topological polar surface area (TPSA) is 94.6 Å². The molecule has 1 heterocycles. The van der Waals surface area contributed by atoms with Gasteiger partial charge in [-0.05, 0) is 13.8 Å². The van der Waals surface area contributed by atoms with Crippen LogP contribution in [0.3, 0.4) is 0 Å². The third-order valence-electron chi connectivity index (χ3n) is 2.21. The fraction of sp³-hybridized carbons (Fsp3) is 0.545. The molecular formula is C11H16N2O5. The van der Waals surface area contributed by atoms with Gasteiger partial charge >= 0.3 is 0 Å². The van der Waals surface area contributed by atoms with E-state index in [2.05, 4.69) is 0 Å². The first-order valence-corrected chi connectivity index (χ1v) is 5.54. The van der Waals surface area contributed by atoms with Gasteiger partial charge in [0.2, 0.25) is 0 Å². The first kappa shape index (κ1) is 14.3. The number of aliphatic hydroxyl groups excluding tert-OH is 1. The summed E-state index contributed by atoms with van der Waals surface area (Å²) in [6.45, 7) is 3.69. The van der Waals surface area contributed by atoms with Gasteiger partial charge < -0.3 is 14.4 Å². The molecule has 7 nitrogen and oxygen atoms in total. The minimum absolute atomic E-state index is 0.0264. The van der Waals surface area contributed by atoms with E-state index in [0.717, 1.165) is 22.9 Å². The summed E-state index contributed by atoms with van der Waals surface area (Å²) in [5.74, 6) is 0. The number of hydrogen-bond acceptors (Lipinski definition) is 5. The maximum Gasteiger partial charge on any atom is 0.285 e. The molecular weight excluding hydrogens is 240 g/mol. The quantitative estimate of drug-likeness (QED) is 0.592. The molecule has 1 N–H and O–H groups in total. The van der Waals surface area contributed by atoms with Crippen molar-refractivity contribution in [3.63, 3.8) is 0 Å². The molecule has 0 aliphatic rings.